The van der Waals surface area contributed by atoms with E-state index < -0.39 is 0 Å². The summed E-state index contributed by atoms with van der Waals surface area (Å²) in [6.07, 6.45) is 5.05. The summed E-state index contributed by atoms with van der Waals surface area (Å²) < 4.78 is 7.52. The Morgan fingerprint density at radius 2 is 2.36 bits per heavy atom. The molecule has 0 saturated carbocycles. The molecule has 1 atom stereocenters. The molecule has 0 radical (unpaired) electrons. The van der Waals surface area contributed by atoms with Crippen LogP contribution < -0.4 is 0 Å². The monoisotopic (exact) mass is 319 g/mol. The molecule has 0 spiro atoms. The molecule has 118 valence electrons. The maximum atomic E-state index is 12.6. The lowest BCUT2D eigenvalue weighted by Gasteiger charge is -2.34. The zero-order valence-corrected chi connectivity index (χ0v) is 13.8. The van der Waals surface area contributed by atoms with E-state index in [0.717, 1.165) is 41.6 Å². The van der Waals surface area contributed by atoms with Gasteiger partial charge in [0.05, 0.1) is 12.2 Å². The minimum absolute atomic E-state index is 0.0637. The molecular weight excluding hydrogens is 298 g/mol. The van der Waals surface area contributed by atoms with Crippen LogP contribution in [0.2, 0.25) is 0 Å². The fourth-order valence-electron chi connectivity index (χ4n) is 2.77. The van der Waals surface area contributed by atoms with Crippen molar-refractivity contribution >= 4 is 17.7 Å². The van der Waals surface area contributed by atoms with Crippen molar-refractivity contribution in [3.8, 4) is 0 Å². The number of aryl methyl sites for hydroxylation is 3. The molecule has 0 aromatic carbocycles. The van der Waals surface area contributed by atoms with Gasteiger partial charge in [-0.15, -0.1) is 0 Å². The third-order valence-electron chi connectivity index (χ3n) is 3.92. The van der Waals surface area contributed by atoms with Gasteiger partial charge in [-0.1, -0.05) is 0 Å². The molecule has 2 aromatic heterocycles. The summed E-state index contributed by atoms with van der Waals surface area (Å²) in [6, 6.07) is 4.02. The van der Waals surface area contributed by atoms with Gasteiger partial charge in [0.1, 0.15) is 11.5 Å². The molecule has 1 aliphatic heterocycles. The lowest BCUT2D eigenvalue weighted by Crippen LogP contribution is -2.40. The van der Waals surface area contributed by atoms with Gasteiger partial charge in [-0.25, -0.2) is 0 Å². The van der Waals surface area contributed by atoms with Crippen LogP contribution in [0.4, 0.5) is 0 Å². The van der Waals surface area contributed by atoms with Gasteiger partial charge < -0.3 is 9.32 Å². The van der Waals surface area contributed by atoms with E-state index in [1.165, 1.54) is 0 Å². The number of thioether (sulfide) groups is 1. The van der Waals surface area contributed by atoms with Gasteiger partial charge in [-0.05, 0) is 31.0 Å². The van der Waals surface area contributed by atoms with Crippen LogP contribution in [0.15, 0.2) is 28.9 Å². The normalized spacial score (nSPS) is 18.6. The average molecular weight is 319 g/mol. The van der Waals surface area contributed by atoms with Crippen LogP contribution in [0.25, 0.3) is 0 Å². The minimum Gasteiger partial charge on any atom is -0.464 e. The Labute approximate surface area is 134 Å². The summed E-state index contributed by atoms with van der Waals surface area (Å²) in [5, 5.41) is 4.15. The molecule has 22 heavy (non-hydrogen) atoms. The average Bonchev–Trinajstić information content (AvgIpc) is 3.13. The number of hydrogen-bond acceptors (Lipinski definition) is 4. The summed E-state index contributed by atoms with van der Waals surface area (Å²) in [5.41, 5.74) is 1.10. The summed E-state index contributed by atoms with van der Waals surface area (Å²) in [4.78, 5) is 14.6. The second-order valence-electron chi connectivity index (χ2n) is 5.65. The van der Waals surface area contributed by atoms with E-state index >= 15 is 0 Å². The van der Waals surface area contributed by atoms with Crippen LogP contribution in [0.1, 0.15) is 29.5 Å². The first kappa shape index (κ1) is 15.2. The zero-order valence-electron chi connectivity index (χ0n) is 13.0. The molecule has 3 rings (SSSR count). The Hall–Kier alpha value is -1.69. The first-order valence-corrected chi connectivity index (χ1v) is 8.70. The predicted octanol–water partition coefficient (Wildman–Crippen LogP) is 2.57. The Kier molecular flexibility index (Phi) is 4.57. The van der Waals surface area contributed by atoms with Gasteiger partial charge in [0.15, 0.2) is 0 Å². The summed E-state index contributed by atoms with van der Waals surface area (Å²) >= 11 is 1.88. The van der Waals surface area contributed by atoms with Crippen molar-refractivity contribution in [2.75, 3.05) is 18.1 Å². The van der Waals surface area contributed by atoms with Crippen LogP contribution in [0, 0.1) is 6.92 Å². The number of nitrogens with zero attached hydrogens (tertiary/aromatic N) is 3. The van der Waals surface area contributed by atoms with Crippen molar-refractivity contribution in [3.63, 3.8) is 0 Å². The highest BCUT2D eigenvalue weighted by Gasteiger charge is 2.30. The number of rotatable bonds is 4. The SMILES string of the molecule is Cc1ccc([C@H]2CSCCN2C(=O)CCc2cnn(C)c2)o1. The smallest absolute Gasteiger partial charge is 0.223 e. The molecule has 0 N–H and O–H groups in total. The van der Waals surface area contributed by atoms with Crippen LogP contribution in [0.5, 0.6) is 0 Å². The first-order valence-electron chi connectivity index (χ1n) is 7.54. The van der Waals surface area contributed by atoms with Crippen molar-refractivity contribution in [1.82, 2.24) is 14.7 Å². The van der Waals surface area contributed by atoms with Gasteiger partial charge in [-0.2, -0.15) is 16.9 Å². The summed E-state index contributed by atoms with van der Waals surface area (Å²) in [5.74, 6) is 3.90. The molecule has 3 heterocycles. The molecular formula is C16H21N3O2S. The second kappa shape index (κ2) is 6.60. The first-order chi connectivity index (χ1) is 10.6. The van der Waals surface area contributed by atoms with Crippen LogP contribution >= 0.6 is 11.8 Å². The highest BCUT2D eigenvalue weighted by atomic mass is 32.2. The van der Waals surface area contributed by atoms with Crippen LogP contribution in [0.3, 0.4) is 0 Å². The maximum Gasteiger partial charge on any atom is 0.223 e. The number of amides is 1. The summed E-state index contributed by atoms with van der Waals surface area (Å²) in [7, 11) is 1.89. The molecule has 1 fully saturated rings. The Balaban J connectivity index is 1.66. The topological polar surface area (TPSA) is 51.3 Å². The molecule has 0 unspecified atom stereocenters. The van der Waals surface area contributed by atoms with Crippen molar-refractivity contribution in [2.45, 2.75) is 25.8 Å². The van der Waals surface area contributed by atoms with E-state index in [1.807, 2.05) is 55.2 Å². The van der Waals surface area contributed by atoms with Crippen molar-refractivity contribution in [2.24, 2.45) is 7.05 Å². The second-order valence-corrected chi connectivity index (χ2v) is 6.80. The van der Waals surface area contributed by atoms with E-state index in [4.69, 9.17) is 4.42 Å². The predicted molar refractivity (Wildman–Crippen MR) is 86.8 cm³/mol. The van der Waals surface area contributed by atoms with Crippen molar-refractivity contribution in [1.29, 1.82) is 0 Å². The van der Waals surface area contributed by atoms with E-state index in [2.05, 4.69) is 5.10 Å². The lowest BCUT2D eigenvalue weighted by atomic mass is 10.1. The summed E-state index contributed by atoms with van der Waals surface area (Å²) in [6.45, 7) is 2.73. The highest BCUT2D eigenvalue weighted by molar-refractivity contribution is 7.99. The number of furan rings is 1. The quantitative estimate of drug-likeness (QED) is 0.869. The standard InChI is InChI=1S/C16H21N3O2S/c1-12-3-5-15(21-12)14-11-22-8-7-19(14)16(20)6-4-13-9-17-18(2)10-13/h3,5,9-10,14H,4,6-8,11H2,1-2H3/t14-/m1/s1. The fraction of sp³-hybridized carbons (Fsp3) is 0.500. The zero-order chi connectivity index (χ0) is 15.5. The van der Waals surface area contributed by atoms with Gasteiger partial charge in [0.2, 0.25) is 5.91 Å². The molecule has 5 nitrogen and oxygen atoms in total. The van der Waals surface area contributed by atoms with E-state index in [-0.39, 0.29) is 11.9 Å². The van der Waals surface area contributed by atoms with Crippen LogP contribution in [-0.2, 0) is 18.3 Å². The van der Waals surface area contributed by atoms with Crippen LogP contribution in [-0.4, -0.2) is 38.6 Å². The molecule has 1 aliphatic rings. The molecule has 0 bridgehead atoms. The molecule has 1 amide bonds. The third-order valence-corrected chi connectivity index (χ3v) is 4.95. The fourth-order valence-corrected chi connectivity index (χ4v) is 3.83. The lowest BCUT2D eigenvalue weighted by molar-refractivity contribution is -0.133. The van der Waals surface area contributed by atoms with Crippen molar-refractivity contribution < 1.29 is 9.21 Å². The Morgan fingerprint density at radius 3 is 3.05 bits per heavy atom. The van der Waals surface area contributed by atoms with Gasteiger partial charge in [-0.3, -0.25) is 9.48 Å². The number of carbonyl (C=O) groups excluding carboxylic acids is 1. The number of aromatic nitrogens is 2. The highest BCUT2D eigenvalue weighted by Crippen LogP contribution is 2.31. The van der Waals surface area contributed by atoms with E-state index in [9.17, 15) is 4.79 Å². The maximum absolute atomic E-state index is 12.6. The van der Waals surface area contributed by atoms with Crippen molar-refractivity contribution in [3.05, 3.63) is 41.6 Å². The minimum atomic E-state index is 0.0637. The Bertz CT molecular complexity index is 649. The number of carbonyl (C=O) groups is 1. The Morgan fingerprint density at radius 1 is 1.50 bits per heavy atom. The molecule has 0 aliphatic carbocycles. The third kappa shape index (κ3) is 3.38. The van der Waals surface area contributed by atoms with E-state index in [1.54, 1.807) is 4.68 Å². The number of hydrogen-bond donors (Lipinski definition) is 0. The van der Waals surface area contributed by atoms with E-state index in [0.29, 0.717) is 6.42 Å². The molecule has 1 saturated heterocycles. The molecule has 6 heteroatoms. The van der Waals surface area contributed by atoms with Gasteiger partial charge in [0.25, 0.3) is 0 Å². The van der Waals surface area contributed by atoms with Gasteiger partial charge >= 0.3 is 0 Å². The molecule has 2 aromatic rings. The van der Waals surface area contributed by atoms with Gasteiger partial charge in [0, 0.05) is 37.7 Å². The largest absolute Gasteiger partial charge is 0.464 e.